The maximum atomic E-state index is 6.07. The average Bonchev–Trinajstić information content (AvgIpc) is 2.71. The second-order valence-corrected chi connectivity index (χ2v) is 8.62. The van der Waals surface area contributed by atoms with Crippen LogP contribution in [-0.4, -0.2) is 26.7 Å². The van der Waals surface area contributed by atoms with Crippen molar-refractivity contribution in [2.45, 2.75) is 26.0 Å². The highest BCUT2D eigenvalue weighted by molar-refractivity contribution is 9.10. The minimum atomic E-state index is 0.382. The molecule has 1 aliphatic rings. The molecule has 0 amide bonds. The number of ether oxygens (including phenoxy) is 2. The number of piperidine rings is 1. The zero-order valence-electron chi connectivity index (χ0n) is 15.9. The lowest BCUT2D eigenvalue weighted by Gasteiger charge is -2.23. The molecule has 0 bridgehead atoms. The number of hydrogen-bond acceptors (Lipinski definition) is 4. The van der Waals surface area contributed by atoms with E-state index in [1.165, 1.54) is 12.8 Å². The Morgan fingerprint density at radius 3 is 2.61 bits per heavy atom. The van der Waals surface area contributed by atoms with E-state index in [0.717, 1.165) is 47.7 Å². The fourth-order valence-corrected chi connectivity index (χ4v) is 4.06. The molecule has 0 saturated carbocycles. The van der Waals surface area contributed by atoms with Crippen molar-refractivity contribution in [1.29, 1.82) is 0 Å². The van der Waals surface area contributed by atoms with Crippen LogP contribution in [0.2, 0.25) is 10.0 Å². The third kappa shape index (κ3) is 6.01. The van der Waals surface area contributed by atoms with E-state index in [4.69, 9.17) is 32.7 Å². The molecule has 0 radical (unpaired) electrons. The maximum absolute atomic E-state index is 6.07. The fraction of sp³-hybridized carbons (Fsp3) is 0.429. The molecule has 1 fully saturated rings. The van der Waals surface area contributed by atoms with Crippen LogP contribution in [0.5, 0.6) is 11.5 Å². The van der Waals surface area contributed by atoms with Crippen molar-refractivity contribution < 1.29 is 9.47 Å². The Kier molecular flexibility index (Phi) is 8.30. The van der Waals surface area contributed by atoms with Gasteiger partial charge in [-0.1, -0.05) is 45.2 Å². The Morgan fingerprint density at radius 2 is 1.89 bits per heavy atom. The van der Waals surface area contributed by atoms with Gasteiger partial charge in [0, 0.05) is 11.0 Å². The molecule has 28 heavy (non-hydrogen) atoms. The van der Waals surface area contributed by atoms with Crippen LogP contribution in [0.15, 0.2) is 34.8 Å². The van der Waals surface area contributed by atoms with Gasteiger partial charge >= 0.3 is 0 Å². The van der Waals surface area contributed by atoms with Gasteiger partial charge in [0.1, 0.15) is 6.61 Å². The zero-order valence-corrected chi connectivity index (χ0v) is 19.0. The maximum Gasteiger partial charge on any atom is 0.162 e. The molecule has 0 atom stereocenters. The molecule has 1 heterocycles. The lowest BCUT2D eigenvalue weighted by molar-refractivity contribution is 0.284. The minimum Gasteiger partial charge on any atom is -0.493 e. The molecule has 2 aromatic rings. The van der Waals surface area contributed by atoms with Crippen molar-refractivity contribution in [3.8, 4) is 11.5 Å². The first kappa shape index (κ1) is 21.7. The molecule has 152 valence electrons. The van der Waals surface area contributed by atoms with Gasteiger partial charge < -0.3 is 20.1 Å². The number of methoxy groups -OCH3 is 1. The quantitative estimate of drug-likeness (QED) is 0.520. The smallest absolute Gasteiger partial charge is 0.162 e. The summed E-state index contributed by atoms with van der Waals surface area (Å²) in [5.41, 5.74) is 2.09. The second kappa shape index (κ2) is 10.7. The van der Waals surface area contributed by atoms with Crippen molar-refractivity contribution in [3.05, 3.63) is 56.0 Å². The lowest BCUT2D eigenvalue weighted by atomic mass is 9.98. The predicted octanol–water partition coefficient (Wildman–Crippen LogP) is 5.43. The van der Waals surface area contributed by atoms with Gasteiger partial charge in [-0.2, -0.15) is 0 Å². The molecule has 0 aliphatic carbocycles. The third-order valence-corrected chi connectivity index (χ3v) is 6.40. The molecular formula is C21H25BrCl2N2O2. The molecule has 4 nitrogen and oxygen atoms in total. The highest BCUT2D eigenvalue weighted by Gasteiger charge is 2.14. The third-order valence-electron chi connectivity index (χ3n) is 4.92. The van der Waals surface area contributed by atoms with Crippen LogP contribution in [0.1, 0.15) is 24.0 Å². The highest BCUT2D eigenvalue weighted by Crippen LogP contribution is 2.34. The van der Waals surface area contributed by atoms with Crippen molar-refractivity contribution in [1.82, 2.24) is 10.6 Å². The van der Waals surface area contributed by atoms with Gasteiger partial charge in [0.25, 0.3) is 0 Å². The number of nitrogens with one attached hydrogen (secondary N) is 2. The van der Waals surface area contributed by atoms with Gasteiger partial charge in [-0.05, 0) is 73.8 Å². The first-order chi connectivity index (χ1) is 13.6. The molecule has 2 aromatic carbocycles. The van der Waals surface area contributed by atoms with E-state index in [1.807, 2.05) is 24.3 Å². The van der Waals surface area contributed by atoms with Gasteiger partial charge in [-0.15, -0.1) is 0 Å². The molecule has 3 rings (SSSR count). The summed E-state index contributed by atoms with van der Waals surface area (Å²) in [5.74, 6) is 2.14. The number of hydrogen-bond donors (Lipinski definition) is 2. The van der Waals surface area contributed by atoms with Crippen molar-refractivity contribution in [3.63, 3.8) is 0 Å². The monoisotopic (exact) mass is 486 g/mol. The summed E-state index contributed by atoms with van der Waals surface area (Å²) in [6.07, 6.45) is 2.47. The normalized spacial score (nSPS) is 14.9. The van der Waals surface area contributed by atoms with Crippen molar-refractivity contribution in [2.24, 2.45) is 5.92 Å². The molecule has 0 spiro atoms. The van der Waals surface area contributed by atoms with Gasteiger partial charge in [-0.25, -0.2) is 0 Å². The lowest BCUT2D eigenvalue weighted by Crippen LogP contribution is -2.33. The molecule has 1 saturated heterocycles. The SMILES string of the molecule is COc1cc(CNCC2CCNCC2)c(Br)cc1OCc1ccc(Cl)c(Cl)c1. The largest absolute Gasteiger partial charge is 0.493 e. The molecular weight excluding hydrogens is 463 g/mol. The summed E-state index contributed by atoms with van der Waals surface area (Å²) in [4.78, 5) is 0. The molecule has 1 aliphatic heterocycles. The predicted molar refractivity (Wildman–Crippen MR) is 119 cm³/mol. The summed E-state index contributed by atoms with van der Waals surface area (Å²) in [6.45, 7) is 4.44. The van der Waals surface area contributed by atoms with Crippen molar-refractivity contribution >= 4 is 39.1 Å². The van der Waals surface area contributed by atoms with Gasteiger partial charge in [0.05, 0.1) is 17.2 Å². The van der Waals surface area contributed by atoms with E-state index in [0.29, 0.717) is 28.2 Å². The van der Waals surface area contributed by atoms with Gasteiger partial charge in [0.15, 0.2) is 11.5 Å². The van der Waals surface area contributed by atoms with Gasteiger partial charge in [-0.3, -0.25) is 0 Å². The minimum absolute atomic E-state index is 0.382. The van der Waals surface area contributed by atoms with E-state index >= 15 is 0 Å². The molecule has 7 heteroatoms. The van der Waals surface area contributed by atoms with E-state index < -0.39 is 0 Å². The van der Waals surface area contributed by atoms with E-state index in [9.17, 15) is 0 Å². The highest BCUT2D eigenvalue weighted by atomic mass is 79.9. The average molecular weight is 488 g/mol. The van der Waals surface area contributed by atoms with Crippen LogP contribution in [-0.2, 0) is 13.2 Å². The molecule has 0 aromatic heterocycles. The van der Waals surface area contributed by atoms with Crippen LogP contribution in [0, 0.1) is 5.92 Å². The van der Waals surface area contributed by atoms with Crippen LogP contribution in [0.25, 0.3) is 0 Å². The molecule has 2 N–H and O–H groups in total. The molecule has 0 unspecified atom stereocenters. The van der Waals surface area contributed by atoms with E-state index in [-0.39, 0.29) is 0 Å². The van der Waals surface area contributed by atoms with Crippen LogP contribution in [0.4, 0.5) is 0 Å². The van der Waals surface area contributed by atoms with E-state index in [2.05, 4.69) is 26.6 Å². The van der Waals surface area contributed by atoms with E-state index in [1.54, 1.807) is 13.2 Å². The van der Waals surface area contributed by atoms with Gasteiger partial charge in [0.2, 0.25) is 0 Å². The Morgan fingerprint density at radius 1 is 1.11 bits per heavy atom. The van der Waals surface area contributed by atoms with Crippen LogP contribution < -0.4 is 20.1 Å². The summed E-state index contributed by atoms with van der Waals surface area (Å²) >= 11 is 15.7. The first-order valence-electron chi connectivity index (χ1n) is 9.41. The number of halogens is 3. The summed E-state index contributed by atoms with van der Waals surface area (Å²) in [5, 5.41) is 8.03. The van der Waals surface area contributed by atoms with Crippen LogP contribution in [0.3, 0.4) is 0 Å². The Bertz CT molecular complexity index is 798. The summed E-state index contributed by atoms with van der Waals surface area (Å²) in [7, 11) is 1.65. The number of benzene rings is 2. The fourth-order valence-electron chi connectivity index (χ4n) is 3.27. The Hall–Kier alpha value is -0.980. The summed E-state index contributed by atoms with van der Waals surface area (Å²) in [6, 6.07) is 9.45. The topological polar surface area (TPSA) is 42.5 Å². The Balaban J connectivity index is 1.60. The summed E-state index contributed by atoms with van der Waals surface area (Å²) < 4.78 is 12.5. The number of rotatable bonds is 8. The second-order valence-electron chi connectivity index (χ2n) is 6.96. The van der Waals surface area contributed by atoms with Crippen LogP contribution >= 0.6 is 39.1 Å². The zero-order chi connectivity index (χ0) is 19.9. The van der Waals surface area contributed by atoms with Crippen molar-refractivity contribution in [2.75, 3.05) is 26.7 Å². The Labute approximate surface area is 185 Å². The first-order valence-corrected chi connectivity index (χ1v) is 11.0. The standard InChI is InChI=1S/C21H25BrCl2N2O2/c1-27-20-9-16(12-26-11-14-4-6-25-7-5-14)17(22)10-21(20)28-13-15-2-3-18(23)19(24)8-15/h2-3,8-10,14,25-26H,4-7,11-13H2,1H3.